The molecule has 0 radical (unpaired) electrons. The fraction of sp³-hybridized carbons (Fsp3) is 0.857. The number of unbranched alkanes of at least 4 members (excludes halogenated alkanes) is 1. The van der Waals surface area contributed by atoms with E-state index in [-0.39, 0.29) is 36.9 Å². The lowest BCUT2D eigenvalue weighted by Gasteiger charge is -2.37. The molecule has 0 aromatic heterocycles. The van der Waals surface area contributed by atoms with Gasteiger partial charge >= 0.3 is 11.9 Å². The van der Waals surface area contributed by atoms with Crippen molar-refractivity contribution in [1.82, 2.24) is 0 Å². The van der Waals surface area contributed by atoms with E-state index in [0.717, 1.165) is 69.1 Å². The maximum atomic E-state index is 12.7. The van der Waals surface area contributed by atoms with E-state index in [1.165, 1.54) is 44.6 Å². The van der Waals surface area contributed by atoms with Crippen LogP contribution in [0.4, 0.5) is 0 Å². The van der Waals surface area contributed by atoms with Crippen molar-refractivity contribution < 1.29 is 28.5 Å². The quantitative estimate of drug-likeness (QED) is 0.149. The minimum atomic E-state index is -0.388. The number of carbonyl (C=O) groups excluding carboxylic acids is 2. The normalized spacial score (nSPS) is 32.0. The van der Waals surface area contributed by atoms with E-state index in [4.69, 9.17) is 18.9 Å². The summed E-state index contributed by atoms with van der Waals surface area (Å²) in [5.74, 6) is 2.33. The summed E-state index contributed by atoms with van der Waals surface area (Å²) in [6.07, 6.45) is 16.6. The Labute approximate surface area is 206 Å². The van der Waals surface area contributed by atoms with E-state index in [2.05, 4.69) is 13.5 Å². The molecule has 0 saturated heterocycles. The summed E-state index contributed by atoms with van der Waals surface area (Å²) < 4.78 is 22.2. The van der Waals surface area contributed by atoms with Crippen LogP contribution in [-0.4, -0.2) is 44.2 Å². The first-order chi connectivity index (χ1) is 16.5. The van der Waals surface area contributed by atoms with Gasteiger partial charge in [-0.3, -0.25) is 4.79 Å². The summed E-state index contributed by atoms with van der Waals surface area (Å²) in [7, 11) is 0. The Kier molecular flexibility index (Phi) is 11.9. The predicted molar refractivity (Wildman–Crippen MR) is 131 cm³/mol. The van der Waals surface area contributed by atoms with Gasteiger partial charge in [-0.15, -0.1) is 0 Å². The van der Waals surface area contributed by atoms with Crippen molar-refractivity contribution in [2.24, 2.45) is 23.7 Å². The fourth-order valence-electron chi connectivity index (χ4n) is 5.90. The van der Waals surface area contributed by atoms with Crippen molar-refractivity contribution in [2.75, 3.05) is 20.0 Å². The minimum Gasteiger partial charge on any atom is -0.463 e. The molecule has 3 aliphatic rings. The molecule has 0 aliphatic heterocycles. The average molecular weight is 479 g/mol. The summed E-state index contributed by atoms with van der Waals surface area (Å²) >= 11 is 0. The van der Waals surface area contributed by atoms with Gasteiger partial charge < -0.3 is 18.9 Å². The Bertz CT molecular complexity index is 610. The standard InChI is InChI=1S/C28H46O6/c1-3-27(29)32-19-5-4-18-31-20-33-25-14-12-24(13-15-25)28(30)34-26-16-10-23(11-17-26)22-8-6-21(2)7-9-22/h3,21-26H,1,4-20H2,2H3. The lowest BCUT2D eigenvalue weighted by Crippen LogP contribution is -2.33. The minimum absolute atomic E-state index is 0.0156. The highest BCUT2D eigenvalue weighted by molar-refractivity contribution is 5.81. The van der Waals surface area contributed by atoms with Crippen molar-refractivity contribution >= 4 is 11.9 Å². The summed E-state index contributed by atoms with van der Waals surface area (Å²) in [6, 6.07) is 0. The van der Waals surface area contributed by atoms with Gasteiger partial charge in [0.25, 0.3) is 0 Å². The highest BCUT2D eigenvalue weighted by Gasteiger charge is 2.33. The van der Waals surface area contributed by atoms with E-state index in [0.29, 0.717) is 13.2 Å². The van der Waals surface area contributed by atoms with Crippen LogP contribution >= 0.6 is 0 Å². The predicted octanol–water partition coefficient (Wildman–Crippen LogP) is 5.97. The molecule has 0 aromatic carbocycles. The molecule has 0 spiro atoms. The van der Waals surface area contributed by atoms with Gasteiger partial charge in [0.2, 0.25) is 0 Å². The molecule has 3 fully saturated rings. The topological polar surface area (TPSA) is 71.1 Å². The molecule has 0 atom stereocenters. The summed E-state index contributed by atoms with van der Waals surface area (Å²) in [5.41, 5.74) is 0. The molecule has 0 N–H and O–H groups in total. The van der Waals surface area contributed by atoms with Crippen molar-refractivity contribution in [3.05, 3.63) is 12.7 Å². The number of carbonyl (C=O) groups is 2. The molecule has 6 heteroatoms. The summed E-state index contributed by atoms with van der Waals surface area (Å²) in [6.45, 7) is 6.99. The second kappa shape index (κ2) is 14.9. The lowest BCUT2D eigenvalue weighted by atomic mass is 9.71. The van der Waals surface area contributed by atoms with Gasteiger partial charge in [0, 0.05) is 12.7 Å². The number of ether oxygens (including phenoxy) is 4. The average Bonchev–Trinajstić information content (AvgIpc) is 2.86. The van der Waals surface area contributed by atoms with Crippen LogP contribution in [0.15, 0.2) is 12.7 Å². The second-order valence-corrected chi connectivity index (χ2v) is 10.7. The van der Waals surface area contributed by atoms with E-state index >= 15 is 0 Å². The molecule has 6 nitrogen and oxygen atoms in total. The van der Waals surface area contributed by atoms with E-state index in [1.807, 2.05) is 0 Å². The molecule has 0 unspecified atom stereocenters. The van der Waals surface area contributed by atoms with Gasteiger partial charge in [-0.05, 0) is 94.8 Å². The Morgan fingerprint density at radius 3 is 2.03 bits per heavy atom. The van der Waals surface area contributed by atoms with Crippen LogP contribution in [0.25, 0.3) is 0 Å². The summed E-state index contributed by atoms with van der Waals surface area (Å²) in [5, 5.41) is 0. The van der Waals surface area contributed by atoms with Gasteiger partial charge in [0.05, 0.1) is 18.6 Å². The van der Waals surface area contributed by atoms with Crippen molar-refractivity contribution in [3.63, 3.8) is 0 Å². The van der Waals surface area contributed by atoms with E-state index in [9.17, 15) is 9.59 Å². The van der Waals surface area contributed by atoms with Crippen molar-refractivity contribution in [3.8, 4) is 0 Å². The zero-order chi connectivity index (χ0) is 24.2. The summed E-state index contributed by atoms with van der Waals surface area (Å²) in [4.78, 5) is 23.7. The first-order valence-electron chi connectivity index (χ1n) is 13.7. The third kappa shape index (κ3) is 9.33. The number of hydrogen-bond donors (Lipinski definition) is 0. The molecule has 0 bridgehead atoms. The van der Waals surface area contributed by atoms with Gasteiger partial charge in [-0.2, -0.15) is 0 Å². The maximum absolute atomic E-state index is 12.7. The zero-order valence-corrected chi connectivity index (χ0v) is 21.2. The smallest absolute Gasteiger partial charge is 0.330 e. The Balaban J connectivity index is 1.19. The molecule has 0 heterocycles. The molecule has 3 rings (SSSR count). The van der Waals surface area contributed by atoms with Crippen LogP contribution in [0.3, 0.4) is 0 Å². The molecule has 3 saturated carbocycles. The van der Waals surface area contributed by atoms with E-state index < -0.39 is 0 Å². The van der Waals surface area contributed by atoms with Gasteiger partial charge in [0.15, 0.2) is 0 Å². The van der Waals surface area contributed by atoms with Crippen LogP contribution in [0.2, 0.25) is 0 Å². The highest BCUT2D eigenvalue weighted by Crippen LogP contribution is 2.40. The van der Waals surface area contributed by atoms with Crippen LogP contribution in [0.5, 0.6) is 0 Å². The van der Waals surface area contributed by atoms with Crippen molar-refractivity contribution in [1.29, 1.82) is 0 Å². The highest BCUT2D eigenvalue weighted by atomic mass is 16.7. The second-order valence-electron chi connectivity index (χ2n) is 10.7. The molecular weight excluding hydrogens is 432 g/mol. The van der Waals surface area contributed by atoms with Crippen molar-refractivity contribution in [2.45, 2.75) is 109 Å². The van der Waals surface area contributed by atoms with Gasteiger partial charge in [-0.1, -0.05) is 26.3 Å². The monoisotopic (exact) mass is 478 g/mol. The maximum Gasteiger partial charge on any atom is 0.330 e. The molecular formula is C28H46O6. The molecule has 0 aromatic rings. The largest absolute Gasteiger partial charge is 0.463 e. The first kappa shape index (κ1) is 27.2. The van der Waals surface area contributed by atoms with Gasteiger partial charge in [-0.25, -0.2) is 4.79 Å². The van der Waals surface area contributed by atoms with Crippen LogP contribution in [0, 0.1) is 23.7 Å². The fourth-order valence-corrected chi connectivity index (χ4v) is 5.90. The van der Waals surface area contributed by atoms with Crippen LogP contribution in [0.1, 0.15) is 96.8 Å². The molecule has 0 amide bonds. The SMILES string of the molecule is C=CC(=O)OCCCCOCOC1CCC(C(=O)OC2CCC(C3CCC(C)CC3)CC2)CC1. The molecule has 194 valence electrons. The number of esters is 2. The number of hydrogen-bond acceptors (Lipinski definition) is 6. The Hall–Kier alpha value is -1.40. The van der Waals surface area contributed by atoms with E-state index in [1.54, 1.807) is 0 Å². The Morgan fingerprint density at radius 2 is 1.38 bits per heavy atom. The molecule has 34 heavy (non-hydrogen) atoms. The lowest BCUT2D eigenvalue weighted by molar-refractivity contribution is -0.159. The molecule has 3 aliphatic carbocycles. The Morgan fingerprint density at radius 1 is 0.794 bits per heavy atom. The number of rotatable bonds is 12. The third-order valence-corrected chi connectivity index (χ3v) is 8.22. The van der Waals surface area contributed by atoms with Gasteiger partial charge in [0.1, 0.15) is 12.9 Å². The first-order valence-corrected chi connectivity index (χ1v) is 13.7. The van der Waals surface area contributed by atoms with Crippen LogP contribution < -0.4 is 0 Å². The van der Waals surface area contributed by atoms with Crippen LogP contribution in [-0.2, 0) is 28.5 Å². The third-order valence-electron chi connectivity index (χ3n) is 8.22. The zero-order valence-electron chi connectivity index (χ0n) is 21.2.